The highest BCUT2D eigenvalue weighted by Crippen LogP contribution is 2.33. The van der Waals surface area contributed by atoms with Crippen molar-refractivity contribution in [1.29, 1.82) is 0 Å². The van der Waals surface area contributed by atoms with Crippen molar-refractivity contribution >= 4 is 15.9 Å². The Hall–Kier alpha value is -0.580. The van der Waals surface area contributed by atoms with Gasteiger partial charge in [0.2, 0.25) is 0 Å². The molecule has 0 atom stereocenters. The number of rotatable bonds is 3. The van der Waals surface area contributed by atoms with Crippen molar-refractivity contribution in [2.24, 2.45) is 5.90 Å². The second-order valence-electron chi connectivity index (χ2n) is 3.12. The van der Waals surface area contributed by atoms with Gasteiger partial charge in [-0.15, -0.1) is 0 Å². The van der Waals surface area contributed by atoms with Crippen LogP contribution in [0.15, 0.2) is 10.5 Å². The number of halogens is 1. The van der Waals surface area contributed by atoms with Crippen molar-refractivity contribution in [3.05, 3.63) is 27.2 Å². The molecule has 2 N–H and O–H groups in total. The van der Waals surface area contributed by atoms with Crippen LogP contribution in [0.2, 0.25) is 0 Å². The summed E-state index contributed by atoms with van der Waals surface area (Å²) in [5.74, 6) is 5.91. The van der Waals surface area contributed by atoms with Gasteiger partial charge in [0, 0.05) is 0 Å². The Bertz CT molecular complexity index is 339. The van der Waals surface area contributed by atoms with Crippen LogP contribution in [0, 0.1) is 13.8 Å². The summed E-state index contributed by atoms with van der Waals surface area (Å²) in [5.41, 5.74) is 3.32. The van der Waals surface area contributed by atoms with Gasteiger partial charge in [-0.25, -0.2) is 5.90 Å². The van der Waals surface area contributed by atoms with Crippen LogP contribution >= 0.6 is 15.9 Å². The van der Waals surface area contributed by atoms with Crippen LogP contribution in [-0.2, 0) is 11.4 Å². The predicted molar refractivity (Wildman–Crippen MR) is 59.1 cm³/mol. The highest BCUT2D eigenvalue weighted by molar-refractivity contribution is 9.10. The number of nitrogens with two attached hydrogens (primary N) is 1. The van der Waals surface area contributed by atoms with Gasteiger partial charge in [0.25, 0.3) is 0 Å². The molecule has 0 aromatic heterocycles. The van der Waals surface area contributed by atoms with Gasteiger partial charge in [0.1, 0.15) is 5.75 Å². The monoisotopic (exact) mass is 259 g/mol. The minimum Gasteiger partial charge on any atom is -0.496 e. The quantitative estimate of drug-likeness (QED) is 0.849. The molecule has 1 rings (SSSR count). The minimum atomic E-state index is 0.417. The molecule has 0 heterocycles. The zero-order chi connectivity index (χ0) is 10.7. The molecule has 0 aliphatic heterocycles. The summed E-state index contributed by atoms with van der Waals surface area (Å²) < 4.78 is 6.18. The summed E-state index contributed by atoms with van der Waals surface area (Å²) >= 11 is 3.47. The van der Waals surface area contributed by atoms with E-state index < -0.39 is 0 Å². The van der Waals surface area contributed by atoms with E-state index in [0.29, 0.717) is 6.61 Å². The van der Waals surface area contributed by atoms with Crippen LogP contribution in [0.3, 0.4) is 0 Å². The van der Waals surface area contributed by atoms with Gasteiger partial charge in [-0.1, -0.05) is 0 Å². The molecule has 14 heavy (non-hydrogen) atoms. The lowest BCUT2D eigenvalue weighted by atomic mass is 10.0. The van der Waals surface area contributed by atoms with Crippen LogP contribution in [0.4, 0.5) is 0 Å². The molecule has 78 valence electrons. The molecule has 0 bridgehead atoms. The number of ether oxygens (including phenoxy) is 1. The number of benzene rings is 1. The molecule has 1 aromatic rings. The van der Waals surface area contributed by atoms with Crippen molar-refractivity contribution in [1.82, 2.24) is 0 Å². The summed E-state index contributed by atoms with van der Waals surface area (Å²) in [4.78, 5) is 4.66. The van der Waals surface area contributed by atoms with Gasteiger partial charge >= 0.3 is 0 Å². The molecule has 0 saturated heterocycles. The van der Waals surface area contributed by atoms with E-state index >= 15 is 0 Å². The second kappa shape index (κ2) is 4.77. The van der Waals surface area contributed by atoms with Gasteiger partial charge in [-0.05, 0) is 52.5 Å². The Morgan fingerprint density at radius 2 is 2.07 bits per heavy atom. The Kier molecular flexibility index (Phi) is 3.92. The van der Waals surface area contributed by atoms with Crippen LogP contribution < -0.4 is 10.6 Å². The average molecular weight is 260 g/mol. The number of aryl methyl sites for hydroxylation is 1. The Balaban J connectivity index is 3.26. The molecular weight excluding hydrogens is 246 g/mol. The SMILES string of the molecule is COc1cc(C)c(CON)c(C)c1Br. The lowest BCUT2D eigenvalue weighted by Gasteiger charge is -2.13. The predicted octanol–water partition coefficient (Wildman–Crippen LogP) is 2.46. The third kappa shape index (κ3) is 2.08. The first-order chi connectivity index (χ1) is 6.61. The maximum Gasteiger partial charge on any atom is 0.133 e. The maximum atomic E-state index is 5.22. The summed E-state index contributed by atoms with van der Waals surface area (Å²) in [6.07, 6.45) is 0. The average Bonchev–Trinajstić information content (AvgIpc) is 2.18. The van der Waals surface area contributed by atoms with Crippen molar-refractivity contribution in [2.75, 3.05) is 7.11 Å². The first-order valence-corrected chi connectivity index (χ1v) is 5.05. The standard InChI is InChI=1S/C10H14BrNO2/c1-6-4-9(13-3)10(11)7(2)8(6)5-14-12/h4H,5,12H2,1-3H3. The van der Waals surface area contributed by atoms with E-state index in [1.807, 2.05) is 19.9 Å². The third-order valence-corrected chi connectivity index (χ3v) is 3.25. The molecule has 4 heteroatoms. The second-order valence-corrected chi connectivity index (χ2v) is 3.92. The normalized spacial score (nSPS) is 10.4. The smallest absolute Gasteiger partial charge is 0.133 e. The topological polar surface area (TPSA) is 44.5 Å². The molecule has 1 aromatic carbocycles. The minimum absolute atomic E-state index is 0.417. The molecule has 0 unspecified atom stereocenters. The van der Waals surface area contributed by atoms with Crippen molar-refractivity contribution < 1.29 is 9.57 Å². The number of hydrogen-bond acceptors (Lipinski definition) is 3. The lowest BCUT2D eigenvalue weighted by molar-refractivity contribution is 0.123. The van der Waals surface area contributed by atoms with E-state index in [-0.39, 0.29) is 0 Å². The largest absolute Gasteiger partial charge is 0.496 e. The van der Waals surface area contributed by atoms with E-state index in [0.717, 1.165) is 26.9 Å². The highest BCUT2D eigenvalue weighted by Gasteiger charge is 2.11. The fourth-order valence-corrected chi connectivity index (χ4v) is 1.93. The lowest BCUT2D eigenvalue weighted by Crippen LogP contribution is -2.04. The first kappa shape index (κ1) is 11.5. The van der Waals surface area contributed by atoms with E-state index in [1.165, 1.54) is 0 Å². The van der Waals surface area contributed by atoms with Gasteiger partial charge in [-0.3, -0.25) is 4.84 Å². The van der Waals surface area contributed by atoms with Gasteiger partial charge in [-0.2, -0.15) is 0 Å². The number of methoxy groups -OCH3 is 1. The molecule has 0 saturated carbocycles. The molecule has 3 nitrogen and oxygen atoms in total. The molecule has 0 spiro atoms. The Labute approximate surface area is 92.3 Å². The van der Waals surface area contributed by atoms with E-state index in [2.05, 4.69) is 20.8 Å². The molecule has 0 radical (unpaired) electrons. The number of hydrogen-bond donors (Lipinski definition) is 1. The van der Waals surface area contributed by atoms with Gasteiger partial charge in [0.05, 0.1) is 18.2 Å². The van der Waals surface area contributed by atoms with E-state index in [4.69, 9.17) is 10.6 Å². The summed E-state index contributed by atoms with van der Waals surface area (Å²) in [5, 5.41) is 0. The fraction of sp³-hybridized carbons (Fsp3) is 0.400. The van der Waals surface area contributed by atoms with Crippen molar-refractivity contribution in [3.8, 4) is 5.75 Å². The van der Waals surface area contributed by atoms with Gasteiger partial charge in [0.15, 0.2) is 0 Å². The molecule has 0 amide bonds. The Morgan fingerprint density at radius 3 is 2.57 bits per heavy atom. The van der Waals surface area contributed by atoms with E-state index in [9.17, 15) is 0 Å². The van der Waals surface area contributed by atoms with Crippen molar-refractivity contribution in [3.63, 3.8) is 0 Å². The zero-order valence-electron chi connectivity index (χ0n) is 8.56. The van der Waals surface area contributed by atoms with Crippen LogP contribution in [0.25, 0.3) is 0 Å². The zero-order valence-corrected chi connectivity index (χ0v) is 10.1. The first-order valence-electron chi connectivity index (χ1n) is 4.26. The van der Waals surface area contributed by atoms with Crippen LogP contribution in [0.1, 0.15) is 16.7 Å². The summed E-state index contributed by atoms with van der Waals surface area (Å²) in [6.45, 7) is 4.44. The molecular formula is C10H14BrNO2. The van der Waals surface area contributed by atoms with Crippen molar-refractivity contribution in [2.45, 2.75) is 20.5 Å². The Morgan fingerprint density at radius 1 is 1.43 bits per heavy atom. The summed E-state index contributed by atoms with van der Waals surface area (Å²) in [7, 11) is 1.65. The van der Waals surface area contributed by atoms with E-state index in [1.54, 1.807) is 7.11 Å². The molecule has 0 fully saturated rings. The fourth-order valence-electron chi connectivity index (χ4n) is 1.41. The summed E-state index contributed by atoms with van der Waals surface area (Å²) in [6, 6.07) is 1.96. The third-order valence-electron chi connectivity index (χ3n) is 2.27. The highest BCUT2D eigenvalue weighted by atomic mass is 79.9. The van der Waals surface area contributed by atoms with Crippen LogP contribution in [-0.4, -0.2) is 7.11 Å². The molecule has 0 aliphatic rings. The molecule has 0 aliphatic carbocycles. The van der Waals surface area contributed by atoms with Gasteiger partial charge < -0.3 is 4.74 Å². The maximum absolute atomic E-state index is 5.22. The van der Waals surface area contributed by atoms with Crippen LogP contribution in [0.5, 0.6) is 5.75 Å².